The molecule has 0 spiro atoms. The van der Waals surface area contributed by atoms with Gasteiger partial charge < -0.3 is 0 Å². The van der Waals surface area contributed by atoms with Crippen molar-refractivity contribution in [3.8, 4) is 0 Å². The van der Waals surface area contributed by atoms with Crippen LogP contribution >= 0.6 is 0 Å². The second kappa shape index (κ2) is 2.64. The summed E-state index contributed by atoms with van der Waals surface area (Å²) in [7, 11) is 0. The van der Waals surface area contributed by atoms with E-state index in [1.807, 2.05) is 0 Å². The number of aryl methyl sites for hydroxylation is 1. The first-order chi connectivity index (χ1) is 3.29. The monoisotopic (exact) mass is 292 g/mol. The molecule has 0 aliphatic heterocycles. The van der Waals surface area contributed by atoms with Crippen molar-refractivity contribution in [2.24, 2.45) is 0 Å². The third kappa shape index (κ3) is 1.85. The van der Waals surface area contributed by atoms with Gasteiger partial charge >= 0.3 is 62.7 Å². The molecule has 0 unspecified atom stereocenters. The van der Waals surface area contributed by atoms with Gasteiger partial charge in [-0.1, -0.05) is 0 Å². The Balaban J connectivity index is 3.30. The van der Waals surface area contributed by atoms with Crippen molar-refractivity contribution in [3.63, 3.8) is 0 Å². The van der Waals surface area contributed by atoms with Crippen LogP contribution in [0.1, 0.15) is 4.44 Å². The molecule has 7 heavy (non-hydrogen) atoms. The SMILES string of the molecule is Cc1c[se]c(=[Se])[se]1. The Hall–Kier alpha value is 1.17. The van der Waals surface area contributed by atoms with E-state index >= 15 is 0 Å². The molecule has 1 rings (SSSR count). The Morgan fingerprint density at radius 2 is 2.43 bits per heavy atom. The van der Waals surface area contributed by atoms with Crippen LogP contribution in [0, 0.1) is 8.73 Å². The summed E-state index contributed by atoms with van der Waals surface area (Å²) in [4.78, 5) is 2.36. The first-order valence-electron chi connectivity index (χ1n) is 1.84. The average Bonchev–Trinajstić information content (AvgIpc) is 1.87. The standard InChI is InChI=1S/C4H4Se3/c1-3-2-6-4(5)7-3/h2H,1H3. The molecular formula is C4H4Se3. The van der Waals surface area contributed by atoms with Gasteiger partial charge in [0.05, 0.1) is 0 Å². The molecule has 1 aromatic rings. The van der Waals surface area contributed by atoms with Crippen LogP contribution in [0.5, 0.6) is 0 Å². The van der Waals surface area contributed by atoms with Crippen LogP contribution in [0.25, 0.3) is 0 Å². The van der Waals surface area contributed by atoms with E-state index < -0.39 is 0 Å². The molecule has 0 aromatic carbocycles. The summed E-state index contributed by atoms with van der Waals surface area (Å²) < 4.78 is 3.21. The van der Waals surface area contributed by atoms with Crippen LogP contribution in [0.4, 0.5) is 0 Å². The van der Waals surface area contributed by atoms with Crippen LogP contribution < -0.4 is 0 Å². The minimum absolute atomic E-state index is 0.726. The molecule has 0 amide bonds. The second-order valence-corrected chi connectivity index (χ2v) is 10.5. The molecule has 0 aliphatic carbocycles. The Kier molecular flexibility index (Phi) is 2.37. The van der Waals surface area contributed by atoms with Gasteiger partial charge in [0, 0.05) is 0 Å². The average molecular weight is 289 g/mol. The summed E-state index contributed by atoms with van der Waals surface area (Å²) in [6.07, 6.45) is 0. The summed E-state index contributed by atoms with van der Waals surface area (Å²) in [6, 6.07) is 0. The molecule has 38 valence electrons. The van der Waals surface area contributed by atoms with Crippen molar-refractivity contribution in [1.29, 1.82) is 0 Å². The molecule has 0 saturated heterocycles. The van der Waals surface area contributed by atoms with E-state index in [1.165, 1.54) is 0 Å². The van der Waals surface area contributed by atoms with Crippen LogP contribution in [-0.2, 0) is 0 Å². The minimum atomic E-state index is 0.726. The van der Waals surface area contributed by atoms with E-state index in [-0.39, 0.29) is 0 Å². The van der Waals surface area contributed by atoms with Gasteiger partial charge in [-0.25, -0.2) is 0 Å². The van der Waals surface area contributed by atoms with E-state index in [4.69, 9.17) is 0 Å². The molecule has 0 fully saturated rings. The normalized spacial score (nSPS) is 9.29. The van der Waals surface area contributed by atoms with Gasteiger partial charge in [0.25, 0.3) is 0 Å². The van der Waals surface area contributed by atoms with Crippen molar-refractivity contribution < 1.29 is 0 Å². The first-order valence-corrected chi connectivity index (χ1v) is 6.26. The number of rotatable bonds is 0. The van der Waals surface area contributed by atoms with Crippen molar-refractivity contribution in [1.82, 2.24) is 0 Å². The fraction of sp³-hybridized carbons (Fsp3) is 0.250. The molecule has 0 saturated carbocycles. The third-order valence-corrected chi connectivity index (χ3v) is 7.90. The molecule has 1 heterocycles. The van der Waals surface area contributed by atoms with Crippen molar-refractivity contribution in [2.75, 3.05) is 0 Å². The van der Waals surface area contributed by atoms with E-state index in [0.717, 1.165) is 29.0 Å². The molecule has 0 nitrogen and oxygen atoms in total. The summed E-state index contributed by atoms with van der Waals surface area (Å²) in [5.74, 6) is 0. The quantitative estimate of drug-likeness (QED) is 0.581. The predicted octanol–water partition coefficient (Wildman–Crippen LogP) is -0.190. The summed E-state index contributed by atoms with van der Waals surface area (Å²) in [5, 5.41) is 0. The number of hydrogen-bond acceptors (Lipinski definition) is 0. The van der Waals surface area contributed by atoms with Crippen LogP contribution in [-0.4, -0.2) is 44.6 Å². The molecule has 0 bridgehead atoms. The third-order valence-electron chi connectivity index (χ3n) is 0.565. The molecule has 0 radical (unpaired) electrons. The fourth-order valence-corrected chi connectivity index (χ4v) is 7.10. The molecule has 0 atom stereocenters. The van der Waals surface area contributed by atoms with Crippen LogP contribution in [0.15, 0.2) is 4.94 Å². The molecular weight excluding hydrogens is 285 g/mol. The van der Waals surface area contributed by atoms with Gasteiger partial charge in [0.1, 0.15) is 0 Å². The Morgan fingerprint density at radius 1 is 1.71 bits per heavy atom. The van der Waals surface area contributed by atoms with Gasteiger partial charge in [0.15, 0.2) is 0 Å². The Bertz CT molecular complexity index is 195. The Morgan fingerprint density at radius 3 is 2.57 bits per heavy atom. The van der Waals surface area contributed by atoms with Crippen molar-refractivity contribution in [3.05, 3.63) is 11.2 Å². The molecule has 3 heteroatoms. The van der Waals surface area contributed by atoms with Crippen LogP contribution in [0.3, 0.4) is 0 Å². The van der Waals surface area contributed by atoms with Gasteiger partial charge in [0.2, 0.25) is 0 Å². The fourth-order valence-electron chi connectivity index (χ4n) is 0.311. The summed E-state index contributed by atoms with van der Waals surface area (Å²) in [5.41, 5.74) is 0. The van der Waals surface area contributed by atoms with Crippen molar-refractivity contribution >= 4 is 44.6 Å². The van der Waals surface area contributed by atoms with Gasteiger partial charge in [-0.15, -0.1) is 0 Å². The summed E-state index contributed by atoms with van der Waals surface area (Å²) >= 11 is 4.55. The zero-order chi connectivity index (χ0) is 5.28. The van der Waals surface area contributed by atoms with E-state index in [1.54, 1.807) is 6.25 Å². The van der Waals surface area contributed by atoms with E-state index in [0.29, 0.717) is 0 Å². The van der Waals surface area contributed by atoms with E-state index in [9.17, 15) is 0 Å². The second-order valence-electron chi connectivity index (χ2n) is 1.20. The Labute approximate surface area is 62.4 Å². The summed E-state index contributed by atoms with van der Waals surface area (Å²) in [6.45, 7) is 2.21. The maximum atomic E-state index is 3.09. The van der Waals surface area contributed by atoms with Crippen molar-refractivity contribution in [2.45, 2.75) is 6.92 Å². The molecule has 0 aliphatic rings. The van der Waals surface area contributed by atoms with E-state index in [2.05, 4.69) is 27.4 Å². The van der Waals surface area contributed by atoms with Gasteiger partial charge in [-0.3, -0.25) is 0 Å². The van der Waals surface area contributed by atoms with Gasteiger partial charge in [-0.2, -0.15) is 0 Å². The zero-order valence-corrected chi connectivity index (χ0v) is 8.94. The van der Waals surface area contributed by atoms with Crippen LogP contribution in [0.2, 0.25) is 0 Å². The first kappa shape index (κ1) is 6.29. The number of hydrogen-bond donors (Lipinski definition) is 0. The maximum absolute atomic E-state index is 3.09. The molecule has 0 N–H and O–H groups in total. The molecule has 1 aromatic heterocycles. The van der Waals surface area contributed by atoms with Gasteiger partial charge in [-0.05, 0) is 0 Å². The predicted molar refractivity (Wildman–Crippen MR) is 34.1 cm³/mol. The zero-order valence-electron chi connectivity index (χ0n) is 3.80. The topological polar surface area (TPSA) is 0 Å².